The first-order chi connectivity index (χ1) is 11.7. The molecule has 4 nitrogen and oxygen atoms in total. The van der Waals surface area contributed by atoms with E-state index in [2.05, 4.69) is 30.0 Å². The molecule has 2 aliphatic heterocycles. The molecule has 2 aromatic rings. The second-order valence-electron chi connectivity index (χ2n) is 6.52. The predicted molar refractivity (Wildman–Crippen MR) is 95.9 cm³/mol. The summed E-state index contributed by atoms with van der Waals surface area (Å²) < 4.78 is 5.69. The zero-order chi connectivity index (χ0) is 16.5. The van der Waals surface area contributed by atoms with Gasteiger partial charge >= 0.3 is 0 Å². The van der Waals surface area contributed by atoms with Crippen LogP contribution in [0, 0.1) is 0 Å². The summed E-state index contributed by atoms with van der Waals surface area (Å²) in [5, 5.41) is 0. The summed E-state index contributed by atoms with van der Waals surface area (Å²) in [5.41, 5.74) is 3.35. The summed E-state index contributed by atoms with van der Waals surface area (Å²) in [4.78, 5) is 17.2. The molecule has 0 fully saturated rings. The van der Waals surface area contributed by atoms with Crippen LogP contribution in [0.1, 0.15) is 18.9 Å². The van der Waals surface area contributed by atoms with Gasteiger partial charge in [-0.1, -0.05) is 30.3 Å². The lowest BCUT2D eigenvalue weighted by Gasteiger charge is -2.38. The van der Waals surface area contributed by atoms with E-state index >= 15 is 0 Å². The van der Waals surface area contributed by atoms with Gasteiger partial charge < -0.3 is 14.5 Å². The third-order valence-corrected chi connectivity index (χ3v) is 4.94. The highest BCUT2D eigenvalue weighted by molar-refractivity contribution is 5.98. The number of nitrogens with zero attached hydrogens (tertiary/aromatic N) is 2. The van der Waals surface area contributed by atoms with Crippen LogP contribution in [0.3, 0.4) is 0 Å². The zero-order valence-electron chi connectivity index (χ0n) is 13.9. The van der Waals surface area contributed by atoms with Gasteiger partial charge in [-0.05, 0) is 43.5 Å². The molecule has 0 radical (unpaired) electrons. The Hall–Kier alpha value is -2.49. The van der Waals surface area contributed by atoms with Gasteiger partial charge in [0.25, 0.3) is 0 Å². The van der Waals surface area contributed by atoms with Crippen LogP contribution in [0.4, 0.5) is 11.4 Å². The number of carbonyl (C=O) groups is 1. The number of hydrogen-bond acceptors (Lipinski definition) is 3. The first-order valence-corrected chi connectivity index (χ1v) is 8.61. The molecule has 0 N–H and O–H groups in total. The molecule has 124 valence electrons. The number of anilines is 2. The van der Waals surface area contributed by atoms with Crippen LogP contribution in [0.5, 0.6) is 5.75 Å². The number of fused-ring (bicyclic) bond motifs is 2. The lowest BCUT2D eigenvalue weighted by Crippen LogP contribution is -2.48. The van der Waals surface area contributed by atoms with Crippen LogP contribution >= 0.6 is 0 Å². The Morgan fingerprint density at radius 1 is 1.12 bits per heavy atom. The monoisotopic (exact) mass is 322 g/mol. The Morgan fingerprint density at radius 3 is 2.75 bits per heavy atom. The number of aryl methyl sites for hydroxylation is 1. The molecule has 2 heterocycles. The number of amides is 1. The number of rotatable bonds is 2. The number of benzene rings is 2. The van der Waals surface area contributed by atoms with Crippen molar-refractivity contribution in [2.24, 2.45) is 0 Å². The fraction of sp³-hybridized carbons (Fsp3) is 0.350. The fourth-order valence-electron chi connectivity index (χ4n) is 3.70. The maximum absolute atomic E-state index is 13.1. The van der Waals surface area contributed by atoms with Gasteiger partial charge in [0.15, 0.2) is 0 Å². The van der Waals surface area contributed by atoms with Crippen LogP contribution in [0.15, 0.2) is 48.5 Å². The van der Waals surface area contributed by atoms with E-state index < -0.39 is 0 Å². The Kier molecular flexibility index (Phi) is 3.89. The smallest absolute Gasteiger partial charge is 0.246 e. The van der Waals surface area contributed by atoms with Crippen molar-refractivity contribution < 1.29 is 9.53 Å². The lowest BCUT2D eigenvalue weighted by molar-refractivity contribution is -0.117. The van der Waals surface area contributed by atoms with Crippen molar-refractivity contribution in [1.29, 1.82) is 0 Å². The van der Waals surface area contributed by atoms with E-state index in [4.69, 9.17) is 4.74 Å². The van der Waals surface area contributed by atoms with Crippen LogP contribution in [-0.2, 0) is 11.2 Å². The van der Waals surface area contributed by atoms with Crippen LogP contribution in [-0.4, -0.2) is 31.6 Å². The molecule has 4 rings (SSSR count). The van der Waals surface area contributed by atoms with E-state index in [1.54, 1.807) is 0 Å². The second-order valence-corrected chi connectivity index (χ2v) is 6.52. The molecule has 0 saturated heterocycles. The minimum atomic E-state index is 0.159. The molecular weight excluding hydrogens is 300 g/mol. The van der Waals surface area contributed by atoms with Crippen LogP contribution < -0.4 is 14.5 Å². The quantitative estimate of drug-likeness (QED) is 0.851. The number of carbonyl (C=O) groups excluding carboxylic acids is 1. The standard InChI is InChI=1S/C20H22N2O2/c1-15-10-11-16-6-2-3-7-17(16)22(15)20(23)14-21-12-13-24-19-9-5-4-8-18(19)21/h2-9,15H,10-14H2,1H3/t15-/m1/s1. The molecule has 0 unspecified atom stereocenters. The maximum Gasteiger partial charge on any atom is 0.246 e. The molecule has 0 bridgehead atoms. The lowest BCUT2D eigenvalue weighted by atomic mass is 9.96. The molecule has 2 aromatic carbocycles. The summed E-state index contributed by atoms with van der Waals surface area (Å²) in [6.07, 6.45) is 2.06. The van der Waals surface area contributed by atoms with Crippen LogP contribution in [0.2, 0.25) is 0 Å². The number of para-hydroxylation sites is 3. The van der Waals surface area contributed by atoms with Crippen molar-refractivity contribution in [3.05, 3.63) is 54.1 Å². The fourth-order valence-corrected chi connectivity index (χ4v) is 3.70. The van der Waals surface area contributed by atoms with Gasteiger partial charge in [0.2, 0.25) is 5.91 Å². The molecular formula is C20H22N2O2. The molecule has 0 aromatic heterocycles. The summed E-state index contributed by atoms with van der Waals surface area (Å²) in [5.74, 6) is 1.02. The predicted octanol–water partition coefficient (Wildman–Crippen LogP) is 3.25. The third kappa shape index (κ3) is 2.62. The van der Waals surface area contributed by atoms with E-state index in [0.717, 1.165) is 36.5 Å². The normalized spacial score (nSPS) is 19.3. The zero-order valence-corrected chi connectivity index (χ0v) is 13.9. The Bertz CT molecular complexity index is 759. The Balaban J connectivity index is 1.59. The van der Waals surface area contributed by atoms with Gasteiger partial charge in [0, 0.05) is 11.7 Å². The van der Waals surface area contributed by atoms with Crippen molar-refractivity contribution >= 4 is 17.3 Å². The van der Waals surface area contributed by atoms with E-state index in [1.165, 1.54) is 5.56 Å². The van der Waals surface area contributed by atoms with Crippen molar-refractivity contribution in [2.75, 3.05) is 29.5 Å². The molecule has 0 aliphatic carbocycles. The Labute approximate surface area is 142 Å². The number of ether oxygens (including phenoxy) is 1. The van der Waals surface area contributed by atoms with Gasteiger partial charge in [-0.2, -0.15) is 0 Å². The van der Waals surface area contributed by atoms with Gasteiger partial charge in [0.1, 0.15) is 12.4 Å². The second kappa shape index (κ2) is 6.19. The van der Waals surface area contributed by atoms with Gasteiger partial charge in [0.05, 0.1) is 18.8 Å². The van der Waals surface area contributed by atoms with E-state index in [9.17, 15) is 4.79 Å². The molecule has 1 amide bonds. The van der Waals surface area contributed by atoms with Crippen molar-refractivity contribution in [1.82, 2.24) is 0 Å². The highest BCUT2D eigenvalue weighted by Crippen LogP contribution is 2.33. The average molecular weight is 322 g/mol. The Morgan fingerprint density at radius 2 is 1.88 bits per heavy atom. The highest BCUT2D eigenvalue weighted by atomic mass is 16.5. The molecule has 2 aliphatic rings. The SMILES string of the molecule is C[C@@H]1CCc2ccccc2N1C(=O)CN1CCOc2ccccc21. The minimum Gasteiger partial charge on any atom is -0.490 e. The average Bonchev–Trinajstić information content (AvgIpc) is 2.62. The van der Waals surface area contributed by atoms with Crippen molar-refractivity contribution in [3.8, 4) is 5.75 Å². The maximum atomic E-state index is 13.1. The molecule has 0 saturated carbocycles. The van der Waals surface area contributed by atoms with E-state index in [1.807, 2.05) is 35.2 Å². The summed E-state index contributed by atoms with van der Waals surface area (Å²) in [7, 11) is 0. The first-order valence-electron chi connectivity index (χ1n) is 8.61. The van der Waals surface area contributed by atoms with E-state index in [0.29, 0.717) is 13.2 Å². The van der Waals surface area contributed by atoms with Crippen molar-refractivity contribution in [2.45, 2.75) is 25.8 Å². The third-order valence-electron chi connectivity index (χ3n) is 4.94. The topological polar surface area (TPSA) is 32.8 Å². The highest BCUT2D eigenvalue weighted by Gasteiger charge is 2.30. The summed E-state index contributed by atoms with van der Waals surface area (Å²) in [6.45, 7) is 3.89. The van der Waals surface area contributed by atoms with Crippen LogP contribution in [0.25, 0.3) is 0 Å². The van der Waals surface area contributed by atoms with Gasteiger partial charge in [-0.25, -0.2) is 0 Å². The van der Waals surface area contributed by atoms with E-state index in [-0.39, 0.29) is 11.9 Å². The molecule has 24 heavy (non-hydrogen) atoms. The summed E-state index contributed by atoms with van der Waals surface area (Å²) >= 11 is 0. The number of hydrogen-bond donors (Lipinski definition) is 0. The largest absolute Gasteiger partial charge is 0.490 e. The van der Waals surface area contributed by atoms with Crippen molar-refractivity contribution in [3.63, 3.8) is 0 Å². The molecule has 0 spiro atoms. The minimum absolute atomic E-state index is 0.159. The molecule has 1 atom stereocenters. The first kappa shape index (κ1) is 15.1. The van der Waals surface area contributed by atoms with Gasteiger partial charge in [-0.15, -0.1) is 0 Å². The molecule has 4 heteroatoms. The summed E-state index contributed by atoms with van der Waals surface area (Å²) in [6, 6.07) is 16.4. The van der Waals surface area contributed by atoms with Gasteiger partial charge in [-0.3, -0.25) is 4.79 Å².